The molecule has 2 unspecified atom stereocenters. The molecule has 1 rings (SSSR count). The molecule has 0 fully saturated rings. The molecule has 0 aliphatic heterocycles. The summed E-state index contributed by atoms with van der Waals surface area (Å²) < 4.78 is 5.72. The minimum Gasteiger partial charge on any atom is -0.481 e. The Morgan fingerprint density at radius 3 is 2.45 bits per heavy atom. The van der Waals surface area contributed by atoms with Crippen LogP contribution in [0.5, 0.6) is 5.75 Å². The van der Waals surface area contributed by atoms with Gasteiger partial charge in [0.1, 0.15) is 5.75 Å². The molecule has 4 heteroatoms. The van der Waals surface area contributed by atoms with Crippen molar-refractivity contribution in [2.45, 2.75) is 52.3 Å². The van der Waals surface area contributed by atoms with Gasteiger partial charge < -0.3 is 15.4 Å². The second kappa shape index (κ2) is 6.75. The maximum absolute atomic E-state index is 12.0. The number of benzene rings is 1. The minimum absolute atomic E-state index is 0.107. The molecule has 0 aliphatic carbocycles. The summed E-state index contributed by atoms with van der Waals surface area (Å²) in [5.41, 5.74) is 0.880. The molecule has 2 N–H and O–H groups in total. The highest BCUT2D eigenvalue weighted by Gasteiger charge is 2.20. The van der Waals surface area contributed by atoms with E-state index in [1.807, 2.05) is 52.1 Å². The number of ether oxygens (including phenoxy) is 1. The number of rotatable bonds is 5. The number of carbonyl (C=O) groups is 1. The van der Waals surface area contributed by atoms with Gasteiger partial charge >= 0.3 is 0 Å². The van der Waals surface area contributed by atoms with E-state index in [9.17, 15) is 4.79 Å². The Morgan fingerprint density at radius 1 is 1.25 bits per heavy atom. The van der Waals surface area contributed by atoms with Crippen molar-refractivity contribution >= 4 is 5.91 Å². The molecule has 0 aromatic heterocycles. The fourth-order valence-corrected chi connectivity index (χ4v) is 1.75. The third kappa shape index (κ3) is 5.21. The molecule has 0 saturated carbocycles. The van der Waals surface area contributed by atoms with E-state index in [-0.39, 0.29) is 17.5 Å². The van der Waals surface area contributed by atoms with Crippen LogP contribution in [0.3, 0.4) is 0 Å². The van der Waals surface area contributed by atoms with Crippen molar-refractivity contribution in [1.29, 1.82) is 0 Å². The zero-order valence-corrected chi connectivity index (χ0v) is 13.3. The van der Waals surface area contributed by atoms with E-state index in [1.54, 1.807) is 6.92 Å². The Bertz CT molecular complexity index is 452. The second-order valence-corrected chi connectivity index (χ2v) is 6.08. The molecule has 0 aliphatic rings. The summed E-state index contributed by atoms with van der Waals surface area (Å²) in [6.45, 7) is 9.69. The predicted molar refractivity (Wildman–Crippen MR) is 81.9 cm³/mol. The molecular formula is C16H26N2O2. The lowest BCUT2D eigenvalue weighted by atomic mass is 10.1. The van der Waals surface area contributed by atoms with Crippen molar-refractivity contribution in [2.75, 3.05) is 7.05 Å². The van der Waals surface area contributed by atoms with Gasteiger partial charge in [0.15, 0.2) is 6.10 Å². The van der Waals surface area contributed by atoms with Crippen LogP contribution < -0.4 is 15.4 Å². The summed E-state index contributed by atoms with van der Waals surface area (Å²) in [7, 11) is 1.91. The first-order chi connectivity index (χ1) is 9.23. The average molecular weight is 278 g/mol. The van der Waals surface area contributed by atoms with E-state index >= 15 is 0 Å². The lowest BCUT2D eigenvalue weighted by Gasteiger charge is -2.24. The Kier molecular flexibility index (Phi) is 5.57. The molecule has 1 aromatic carbocycles. The van der Waals surface area contributed by atoms with Crippen LogP contribution in [0.4, 0.5) is 0 Å². The topological polar surface area (TPSA) is 50.4 Å². The molecule has 0 radical (unpaired) electrons. The fraction of sp³-hybridized carbons (Fsp3) is 0.562. The molecular weight excluding hydrogens is 252 g/mol. The van der Waals surface area contributed by atoms with Crippen molar-refractivity contribution in [2.24, 2.45) is 0 Å². The number of nitrogens with one attached hydrogen (secondary N) is 2. The van der Waals surface area contributed by atoms with Crippen LogP contribution in [0.2, 0.25) is 0 Å². The summed E-state index contributed by atoms with van der Waals surface area (Å²) in [5.74, 6) is 0.603. The monoisotopic (exact) mass is 278 g/mol. The number of hydrogen-bond donors (Lipinski definition) is 2. The van der Waals surface area contributed by atoms with Gasteiger partial charge in [-0.3, -0.25) is 4.79 Å². The summed E-state index contributed by atoms with van der Waals surface area (Å²) >= 11 is 0. The van der Waals surface area contributed by atoms with Gasteiger partial charge in [-0.15, -0.1) is 0 Å². The maximum atomic E-state index is 12.0. The number of carbonyl (C=O) groups excluding carboxylic acids is 1. The normalized spacial score (nSPS) is 14.5. The summed E-state index contributed by atoms with van der Waals surface area (Å²) in [5, 5.41) is 6.09. The van der Waals surface area contributed by atoms with Crippen LogP contribution in [0, 0.1) is 0 Å². The van der Waals surface area contributed by atoms with Gasteiger partial charge in [0.2, 0.25) is 0 Å². The first kappa shape index (κ1) is 16.5. The highest BCUT2D eigenvalue weighted by Crippen LogP contribution is 2.20. The largest absolute Gasteiger partial charge is 0.481 e. The predicted octanol–water partition coefficient (Wildman–Crippen LogP) is 2.65. The zero-order valence-electron chi connectivity index (χ0n) is 13.3. The Balaban J connectivity index is 2.71. The van der Waals surface area contributed by atoms with E-state index in [0.29, 0.717) is 5.75 Å². The highest BCUT2D eigenvalue weighted by molar-refractivity contribution is 5.81. The van der Waals surface area contributed by atoms with E-state index in [0.717, 1.165) is 5.56 Å². The fourth-order valence-electron chi connectivity index (χ4n) is 1.75. The Hall–Kier alpha value is -1.55. The van der Waals surface area contributed by atoms with Gasteiger partial charge in [-0.1, -0.05) is 12.1 Å². The minimum atomic E-state index is -0.519. The van der Waals surface area contributed by atoms with Gasteiger partial charge in [0.25, 0.3) is 5.91 Å². The third-order valence-electron chi connectivity index (χ3n) is 2.97. The lowest BCUT2D eigenvalue weighted by Crippen LogP contribution is -2.46. The smallest absolute Gasteiger partial charge is 0.261 e. The molecule has 0 heterocycles. The van der Waals surface area contributed by atoms with Gasteiger partial charge in [-0.05, 0) is 59.4 Å². The molecule has 20 heavy (non-hydrogen) atoms. The van der Waals surface area contributed by atoms with E-state index < -0.39 is 6.10 Å². The van der Waals surface area contributed by atoms with Crippen LogP contribution in [0.15, 0.2) is 24.3 Å². The van der Waals surface area contributed by atoms with Crippen molar-refractivity contribution < 1.29 is 9.53 Å². The van der Waals surface area contributed by atoms with Crippen molar-refractivity contribution in [1.82, 2.24) is 10.6 Å². The molecule has 112 valence electrons. The average Bonchev–Trinajstić information content (AvgIpc) is 2.36. The second-order valence-electron chi connectivity index (χ2n) is 6.08. The standard InChI is InChI=1S/C16H26N2O2/c1-11(17-6)13-8-7-9-14(10-13)20-12(2)15(19)18-16(3,4)5/h7-12,17H,1-6H3,(H,18,19). The van der Waals surface area contributed by atoms with E-state index in [1.165, 1.54) is 0 Å². The summed E-state index contributed by atoms with van der Waals surface area (Å²) in [4.78, 5) is 12.0. The SMILES string of the molecule is CNC(C)c1cccc(OC(C)C(=O)NC(C)(C)C)c1. The van der Waals surface area contributed by atoms with Crippen LogP contribution in [-0.4, -0.2) is 24.6 Å². The van der Waals surface area contributed by atoms with Gasteiger partial charge in [-0.25, -0.2) is 0 Å². The summed E-state index contributed by atoms with van der Waals surface area (Å²) in [6.07, 6.45) is -0.519. The highest BCUT2D eigenvalue weighted by atomic mass is 16.5. The molecule has 0 bridgehead atoms. The van der Waals surface area contributed by atoms with Crippen molar-refractivity contribution in [3.05, 3.63) is 29.8 Å². The zero-order chi connectivity index (χ0) is 15.3. The Morgan fingerprint density at radius 2 is 1.90 bits per heavy atom. The van der Waals surface area contributed by atoms with Crippen molar-refractivity contribution in [3.8, 4) is 5.75 Å². The maximum Gasteiger partial charge on any atom is 0.261 e. The van der Waals surface area contributed by atoms with E-state index in [2.05, 4.69) is 17.6 Å². The first-order valence-electron chi connectivity index (χ1n) is 6.99. The van der Waals surface area contributed by atoms with E-state index in [4.69, 9.17) is 4.74 Å². The molecule has 0 saturated heterocycles. The van der Waals surface area contributed by atoms with Gasteiger partial charge in [0.05, 0.1) is 0 Å². The van der Waals surface area contributed by atoms with Crippen molar-refractivity contribution in [3.63, 3.8) is 0 Å². The van der Waals surface area contributed by atoms with Crippen LogP contribution in [0.25, 0.3) is 0 Å². The molecule has 1 aromatic rings. The Labute approximate surface area is 121 Å². The van der Waals surface area contributed by atoms with Crippen LogP contribution in [-0.2, 0) is 4.79 Å². The summed E-state index contributed by atoms with van der Waals surface area (Å²) in [6, 6.07) is 8.05. The molecule has 4 nitrogen and oxygen atoms in total. The first-order valence-corrected chi connectivity index (χ1v) is 6.99. The molecule has 2 atom stereocenters. The lowest BCUT2D eigenvalue weighted by molar-refractivity contribution is -0.128. The van der Waals surface area contributed by atoms with Gasteiger partial charge in [0, 0.05) is 11.6 Å². The molecule has 1 amide bonds. The van der Waals surface area contributed by atoms with Crippen LogP contribution >= 0.6 is 0 Å². The molecule has 0 spiro atoms. The number of hydrogen-bond acceptors (Lipinski definition) is 3. The quantitative estimate of drug-likeness (QED) is 0.870. The third-order valence-corrected chi connectivity index (χ3v) is 2.97. The van der Waals surface area contributed by atoms with Gasteiger partial charge in [-0.2, -0.15) is 0 Å². The number of amides is 1. The van der Waals surface area contributed by atoms with Crippen LogP contribution in [0.1, 0.15) is 46.2 Å².